The molecular formula is C16H15F3N4O3. The van der Waals surface area contributed by atoms with Crippen LogP contribution in [0, 0.1) is 11.3 Å². The predicted molar refractivity (Wildman–Crippen MR) is 83.0 cm³/mol. The average molecular weight is 368 g/mol. The second-order valence-electron chi connectivity index (χ2n) is 5.47. The molecule has 10 heteroatoms. The number of rotatable bonds is 2. The number of aromatic nitrogens is 2. The summed E-state index contributed by atoms with van der Waals surface area (Å²) in [7, 11) is 0. The number of carboxylic acids is 1. The standard InChI is InChI=1S/C14H14N4O.C2HF3O2/c15-9-10-2-1-3-12(8-10)14-18-17-13(19-14)11-4-6-16-7-5-11;3-2(4,5)1(6)7/h1-3,8,11,16H,4-7H2;(H,6,7). The number of piperidine rings is 1. The van der Waals surface area contributed by atoms with Crippen molar-refractivity contribution in [2.45, 2.75) is 24.9 Å². The number of aliphatic carboxylic acids is 1. The van der Waals surface area contributed by atoms with Crippen molar-refractivity contribution in [2.75, 3.05) is 13.1 Å². The summed E-state index contributed by atoms with van der Waals surface area (Å²) >= 11 is 0. The quantitative estimate of drug-likeness (QED) is 0.838. The lowest BCUT2D eigenvalue weighted by atomic mass is 9.98. The first kappa shape index (κ1) is 19.4. The van der Waals surface area contributed by atoms with E-state index in [1.165, 1.54) is 0 Å². The summed E-state index contributed by atoms with van der Waals surface area (Å²) in [6.07, 6.45) is -3.03. The van der Waals surface area contributed by atoms with Gasteiger partial charge >= 0.3 is 12.1 Å². The number of nitrogens with zero attached hydrogens (tertiary/aromatic N) is 3. The number of carbonyl (C=O) groups is 1. The summed E-state index contributed by atoms with van der Waals surface area (Å²) in [5, 5.41) is 27.6. The highest BCUT2D eigenvalue weighted by Crippen LogP contribution is 2.27. The van der Waals surface area contributed by atoms with Crippen LogP contribution in [-0.2, 0) is 4.79 Å². The Morgan fingerprint density at radius 1 is 1.31 bits per heavy atom. The van der Waals surface area contributed by atoms with E-state index in [2.05, 4.69) is 21.6 Å². The van der Waals surface area contributed by atoms with Gasteiger partial charge in [0.2, 0.25) is 11.8 Å². The molecule has 7 nitrogen and oxygen atoms in total. The van der Waals surface area contributed by atoms with Crippen LogP contribution in [0.4, 0.5) is 13.2 Å². The summed E-state index contributed by atoms with van der Waals surface area (Å²) in [6, 6.07) is 9.33. The van der Waals surface area contributed by atoms with Crippen LogP contribution in [0.25, 0.3) is 11.5 Å². The molecule has 1 aliphatic heterocycles. The minimum atomic E-state index is -5.08. The second-order valence-corrected chi connectivity index (χ2v) is 5.47. The van der Waals surface area contributed by atoms with E-state index in [4.69, 9.17) is 19.6 Å². The number of hydrogen-bond donors (Lipinski definition) is 2. The molecule has 0 aliphatic carbocycles. The van der Waals surface area contributed by atoms with Gasteiger partial charge < -0.3 is 14.8 Å². The smallest absolute Gasteiger partial charge is 0.475 e. The second kappa shape index (κ2) is 8.44. The molecule has 1 aliphatic rings. The molecule has 0 spiro atoms. The Kier molecular flexibility index (Phi) is 6.30. The summed E-state index contributed by atoms with van der Waals surface area (Å²) in [5.41, 5.74) is 1.39. The molecule has 0 atom stereocenters. The summed E-state index contributed by atoms with van der Waals surface area (Å²) in [6.45, 7) is 1.98. The highest BCUT2D eigenvalue weighted by atomic mass is 19.4. The number of benzene rings is 1. The first-order valence-electron chi connectivity index (χ1n) is 7.66. The number of carboxylic acid groups (broad SMARTS) is 1. The van der Waals surface area contributed by atoms with Crippen molar-refractivity contribution in [3.05, 3.63) is 35.7 Å². The van der Waals surface area contributed by atoms with Crippen LogP contribution in [0.3, 0.4) is 0 Å². The van der Waals surface area contributed by atoms with Gasteiger partial charge in [-0.1, -0.05) is 6.07 Å². The van der Waals surface area contributed by atoms with Crippen LogP contribution < -0.4 is 5.32 Å². The maximum absolute atomic E-state index is 10.6. The molecule has 0 saturated carbocycles. The third-order valence-electron chi connectivity index (χ3n) is 3.61. The molecule has 2 N–H and O–H groups in total. The van der Waals surface area contributed by atoms with E-state index in [0.29, 0.717) is 23.3 Å². The van der Waals surface area contributed by atoms with Crippen LogP contribution in [0.15, 0.2) is 28.7 Å². The zero-order chi connectivity index (χ0) is 19.2. The summed E-state index contributed by atoms with van der Waals surface area (Å²) in [4.78, 5) is 8.90. The van der Waals surface area contributed by atoms with E-state index >= 15 is 0 Å². The molecule has 0 amide bonds. The topological polar surface area (TPSA) is 112 Å². The van der Waals surface area contributed by atoms with Crippen LogP contribution >= 0.6 is 0 Å². The highest BCUT2D eigenvalue weighted by Gasteiger charge is 2.38. The molecule has 2 heterocycles. The maximum Gasteiger partial charge on any atom is 0.490 e. The largest absolute Gasteiger partial charge is 0.490 e. The Balaban J connectivity index is 0.000000298. The molecule has 0 unspecified atom stereocenters. The first-order valence-corrected chi connectivity index (χ1v) is 7.66. The van der Waals surface area contributed by atoms with Gasteiger partial charge in [-0.25, -0.2) is 4.79 Å². The van der Waals surface area contributed by atoms with E-state index in [9.17, 15) is 13.2 Å². The fraction of sp³-hybridized carbons (Fsp3) is 0.375. The molecule has 0 radical (unpaired) electrons. The number of hydrogen-bond acceptors (Lipinski definition) is 6. The maximum atomic E-state index is 10.6. The third kappa shape index (κ3) is 5.29. The van der Waals surface area contributed by atoms with Crippen molar-refractivity contribution in [2.24, 2.45) is 0 Å². The zero-order valence-corrected chi connectivity index (χ0v) is 13.5. The average Bonchev–Trinajstić information content (AvgIpc) is 3.12. The first-order chi connectivity index (χ1) is 12.3. The van der Waals surface area contributed by atoms with E-state index < -0.39 is 12.1 Å². The minimum absolute atomic E-state index is 0.349. The van der Waals surface area contributed by atoms with Gasteiger partial charge in [0.25, 0.3) is 0 Å². The van der Waals surface area contributed by atoms with Gasteiger partial charge in [0, 0.05) is 11.5 Å². The van der Waals surface area contributed by atoms with Crippen LogP contribution in [-0.4, -0.2) is 40.5 Å². The fourth-order valence-corrected chi connectivity index (χ4v) is 2.31. The predicted octanol–water partition coefficient (Wildman–Crippen LogP) is 2.71. The van der Waals surface area contributed by atoms with E-state index in [-0.39, 0.29) is 0 Å². The summed E-state index contributed by atoms with van der Waals surface area (Å²) < 4.78 is 37.5. The van der Waals surface area contributed by atoms with Crippen molar-refractivity contribution in [3.8, 4) is 17.5 Å². The van der Waals surface area contributed by atoms with E-state index in [0.717, 1.165) is 31.5 Å². The highest BCUT2D eigenvalue weighted by molar-refractivity contribution is 5.73. The molecule has 1 fully saturated rings. The van der Waals surface area contributed by atoms with Gasteiger partial charge in [-0.15, -0.1) is 10.2 Å². The molecule has 1 aromatic heterocycles. The van der Waals surface area contributed by atoms with Gasteiger partial charge in [-0.3, -0.25) is 0 Å². The molecule has 2 aromatic rings. The summed E-state index contributed by atoms with van der Waals surface area (Å²) in [5.74, 6) is -1.21. The lowest BCUT2D eigenvalue weighted by Gasteiger charge is -2.18. The Hall–Kier alpha value is -2.93. The van der Waals surface area contributed by atoms with E-state index in [1.54, 1.807) is 12.1 Å². The van der Waals surface area contributed by atoms with Gasteiger partial charge in [0.05, 0.1) is 11.6 Å². The van der Waals surface area contributed by atoms with Crippen LogP contribution in [0.1, 0.15) is 30.2 Å². The normalized spacial score (nSPS) is 14.8. The Morgan fingerprint density at radius 3 is 2.54 bits per heavy atom. The van der Waals surface area contributed by atoms with Crippen molar-refractivity contribution >= 4 is 5.97 Å². The monoisotopic (exact) mass is 368 g/mol. The fourth-order valence-electron chi connectivity index (χ4n) is 2.31. The number of nitrogens with one attached hydrogen (secondary N) is 1. The lowest BCUT2D eigenvalue weighted by Crippen LogP contribution is -2.26. The molecule has 138 valence electrons. The molecule has 1 aromatic carbocycles. The lowest BCUT2D eigenvalue weighted by molar-refractivity contribution is -0.192. The van der Waals surface area contributed by atoms with Gasteiger partial charge in [-0.05, 0) is 44.1 Å². The van der Waals surface area contributed by atoms with E-state index in [1.807, 2.05) is 12.1 Å². The SMILES string of the molecule is N#Cc1cccc(-c2nnc(C3CCNCC3)o2)c1.O=C(O)C(F)(F)F. The van der Waals surface area contributed by atoms with Gasteiger partial charge in [-0.2, -0.15) is 18.4 Å². The zero-order valence-electron chi connectivity index (χ0n) is 13.5. The Labute approximate surface area is 146 Å². The van der Waals surface area contributed by atoms with Crippen molar-refractivity contribution in [1.82, 2.24) is 15.5 Å². The van der Waals surface area contributed by atoms with Gasteiger partial charge in [0.1, 0.15) is 0 Å². The van der Waals surface area contributed by atoms with Crippen molar-refractivity contribution < 1.29 is 27.5 Å². The van der Waals surface area contributed by atoms with Crippen LogP contribution in [0.5, 0.6) is 0 Å². The molecule has 1 saturated heterocycles. The number of nitriles is 1. The van der Waals surface area contributed by atoms with Crippen molar-refractivity contribution in [3.63, 3.8) is 0 Å². The molecule has 26 heavy (non-hydrogen) atoms. The minimum Gasteiger partial charge on any atom is -0.475 e. The molecular weight excluding hydrogens is 353 g/mol. The Bertz CT molecular complexity index is 793. The molecule has 0 bridgehead atoms. The number of halogens is 3. The van der Waals surface area contributed by atoms with Gasteiger partial charge in [0.15, 0.2) is 0 Å². The Morgan fingerprint density at radius 2 is 1.96 bits per heavy atom. The number of alkyl halides is 3. The third-order valence-corrected chi connectivity index (χ3v) is 3.61. The van der Waals surface area contributed by atoms with Crippen LogP contribution in [0.2, 0.25) is 0 Å². The molecule has 3 rings (SSSR count). The van der Waals surface area contributed by atoms with Crippen molar-refractivity contribution in [1.29, 1.82) is 5.26 Å².